The molecular formula is C26H28N4O2. The molecular weight excluding hydrogens is 400 g/mol. The van der Waals surface area contributed by atoms with Crippen LogP contribution in [-0.4, -0.2) is 39.8 Å². The number of primary amides is 1. The topological polar surface area (TPSA) is 89.2 Å². The van der Waals surface area contributed by atoms with Crippen molar-refractivity contribution in [3.05, 3.63) is 83.4 Å². The number of aromatic nitrogens is 2. The van der Waals surface area contributed by atoms with Crippen molar-refractivity contribution in [3.8, 4) is 11.1 Å². The second-order valence-corrected chi connectivity index (χ2v) is 8.76. The minimum absolute atomic E-state index is 0.212. The van der Waals surface area contributed by atoms with E-state index in [1.807, 2.05) is 25.1 Å². The Morgan fingerprint density at radius 1 is 1.03 bits per heavy atom. The van der Waals surface area contributed by atoms with E-state index in [2.05, 4.69) is 47.2 Å². The summed E-state index contributed by atoms with van der Waals surface area (Å²) in [5, 5.41) is 0. The summed E-state index contributed by atoms with van der Waals surface area (Å²) in [6.45, 7) is 4.75. The Morgan fingerprint density at radius 3 is 2.47 bits per heavy atom. The van der Waals surface area contributed by atoms with Gasteiger partial charge < -0.3 is 10.6 Å². The first-order chi connectivity index (χ1) is 15.4. The lowest BCUT2D eigenvalue weighted by Crippen LogP contribution is -2.53. The van der Waals surface area contributed by atoms with E-state index in [9.17, 15) is 9.59 Å². The Hall–Kier alpha value is -3.54. The highest BCUT2D eigenvalue weighted by Crippen LogP contribution is 2.35. The Labute approximate surface area is 188 Å². The van der Waals surface area contributed by atoms with E-state index in [-0.39, 0.29) is 24.1 Å². The van der Waals surface area contributed by atoms with Crippen molar-refractivity contribution in [2.75, 3.05) is 13.1 Å². The lowest BCUT2D eigenvalue weighted by molar-refractivity contribution is -0.130. The number of carbonyl (C=O) groups excluding carboxylic acids is 2. The van der Waals surface area contributed by atoms with Crippen LogP contribution < -0.4 is 5.73 Å². The van der Waals surface area contributed by atoms with Gasteiger partial charge in [0.1, 0.15) is 5.69 Å². The molecule has 1 aliphatic heterocycles. The zero-order chi connectivity index (χ0) is 22.7. The van der Waals surface area contributed by atoms with E-state index in [1.54, 1.807) is 11.1 Å². The zero-order valence-corrected chi connectivity index (χ0v) is 18.5. The molecule has 164 valence electrons. The van der Waals surface area contributed by atoms with Gasteiger partial charge in [-0.1, -0.05) is 54.1 Å². The molecule has 0 radical (unpaired) electrons. The summed E-state index contributed by atoms with van der Waals surface area (Å²) in [6.07, 6.45) is 4.93. The lowest BCUT2D eigenvalue weighted by atomic mass is 9.74. The number of nitrogens with two attached hydrogens (primary N) is 1. The third-order valence-corrected chi connectivity index (χ3v) is 6.21. The van der Waals surface area contributed by atoms with Gasteiger partial charge in [0.25, 0.3) is 5.91 Å². The molecule has 2 aromatic carbocycles. The molecule has 1 atom stereocenters. The van der Waals surface area contributed by atoms with Crippen molar-refractivity contribution in [3.63, 3.8) is 0 Å². The molecule has 6 heteroatoms. The van der Waals surface area contributed by atoms with Gasteiger partial charge in [-0.05, 0) is 49.8 Å². The van der Waals surface area contributed by atoms with E-state index >= 15 is 0 Å². The quantitative estimate of drug-likeness (QED) is 0.671. The predicted octanol–water partition coefficient (Wildman–Crippen LogP) is 3.71. The van der Waals surface area contributed by atoms with Crippen LogP contribution in [0.25, 0.3) is 11.1 Å². The van der Waals surface area contributed by atoms with Crippen molar-refractivity contribution in [2.45, 2.75) is 33.1 Å². The molecule has 32 heavy (non-hydrogen) atoms. The van der Waals surface area contributed by atoms with Crippen LogP contribution in [0.5, 0.6) is 0 Å². The summed E-state index contributed by atoms with van der Waals surface area (Å²) in [5.74, 6) is -0.581. The summed E-state index contributed by atoms with van der Waals surface area (Å²) in [4.78, 5) is 35.8. The SMILES string of the molecule is Cc1cccc(-c2cccc(C[C@@]3(C(N)=O)CCCN(C(=O)c4cnc(C)cn4)C3)c2)c1. The number of hydrogen-bond acceptors (Lipinski definition) is 4. The molecule has 0 unspecified atom stereocenters. The van der Waals surface area contributed by atoms with Gasteiger partial charge in [-0.15, -0.1) is 0 Å². The number of benzene rings is 2. The monoisotopic (exact) mass is 428 g/mol. The molecule has 1 fully saturated rings. The van der Waals surface area contributed by atoms with Crippen molar-refractivity contribution >= 4 is 11.8 Å². The van der Waals surface area contributed by atoms with Crippen molar-refractivity contribution in [1.82, 2.24) is 14.9 Å². The van der Waals surface area contributed by atoms with Gasteiger partial charge in [-0.2, -0.15) is 0 Å². The average Bonchev–Trinajstić information content (AvgIpc) is 2.79. The van der Waals surface area contributed by atoms with Crippen molar-refractivity contribution in [2.24, 2.45) is 11.1 Å². The maximum absolute atomic E-state index is 13.0. The normalized spacial score (nSPS) is 18.4. The van der Waals surface area contributed by atoms with Crippen LogP contribution in [0.1, 0.15) is 40.2 Å². The van der Waals surface area contributed by atoms with Crippen LogP contribution in [0, 0.1) is 19.3 Å². The number of amides is 2. The summed E-state index contributed by atoms with van der Waals surface area (Å²) in [6, 6.07) is 16.6. The molecule has 2 N–H and O–H groups in total. The minimum Gasteiger partial charge on any atom is -0.369 e. The van der Waals surface area contributed by atoms with Gasteiger partial charge in [-0.25, -0.2) is 4.98 Å². The van der Waals surface area contributed by atoms with Crippen LogP contribution in [0.2, 0.25) is 0 Å². The fourth-order valence-corrected chi connectivity index (χ4v) is 4.48. The van der Waals surface area contributed by atoms with Crippen molar-refractivity contribution < 1.29 is 9.59 Å². The van der Waals surface area contributed by atoms with E-state index in [0.717, 1.165) is 22.4 Å². The third kappa shape index (κ3) is 4.54. The standard InChI is InChI=1S/C26H28N4O2/c1-18-6-3-8-21(12-18)22-9-4-7-20(13-22)14-26(25(27)32)10-5-11-30(17-26)24(31)23-16-28-19(2)15-29-23/h3-4,6-9,12-13,15-16H,5,10-11,14,17H2,1-2H3,(H2,27,32)/t26-/m0/s1. The lowest BCUT2D eigenvalue weighted by Gasteiger charge is -2.40. The highest BCUT2D eigenvalue weighted by Gasteiger charge is 2.42. The van der Waals surface area contributed by atoms with Crippen LogP contribution in [0.15, 0.2) is 60.9 Å². The smallest absolute Gasteiger partial charge is 0.274 e. The molecule has 2 amide bonds. The number of nitrogens with zero attached hydrogens (tertiary/aromatic N) is 3. The van der Waals surface area contributed by atoms with E-state index in [1.165, 1.54) is 11.8 Å². The molecule has 3 aromatic rings. The predicted molar refractivity (Wildman–Crippen MR) is 124 cm³/mol. The van der Waals surface area contributed by atoms with Crippen LogP contribution in [-0.2, 0) is 11.2 Å². The maximum Gasteiger partial charge on any atom is 0.274 e. The molecule has 6 nitrogen and oxygen atoms in total. The molecule has 1 saturated heterocycles. The molecule has 2 heterocycles. The van der Waals surface area contributed by atoms with Crippen LogP contribution >= 0.6 is 0 Å². The van der Waals surface area contributed by atoms with Crippen molar-refractivity contribution in [1.29, 1.82) is 0 Å². The van der Waals surface area contributed by atoms with Gasteiger partial charge in [0.05, 0.1) is 17.3 Å². The van der Waals surface area contributed by atoms with Gasteiger partial charge in [0, 0.05) is 19.3 Å². The van der Waals surface area contributed by atoms with Gasteiger partial charge in [0.15, 0.2) is 0 Å². The minimum atomic E-state index is -0.808. The van der Waals surface area contributed by atoms with Gasteiger partial charge in [-0.3, -0.25) is 14.6 Å². The fraction of sp³-hybridized carbons (Fsp3) is 0.308. The molecule has 0 saturated carbocycles. The highest BCUT2D eigenvalue weighted by atomic mass is 16.2. The first kappa shape index (κ1) is 21.7. The molecule has 0 bridgehead atoms. The molecule has 1 aromatic heterocycles. The second-order valence-electron chi connectivity index (χ2n) is 8.76. The summed E-state index contributed by atoms with van der Waals surface area (Å²) in [7, 11) is 0. The number of aryl methyl sites for hydroxylation is 2. The number of rotatable bonds is 5. The second kappa shape index (κ2) is 8.91. The number of hydrogen-bond donors (Lipinski definition) is 1. The third-order valence-electron chi connectivity index (χ3n) is 6.21. The Bertz CT molecular complexity index is 1140. The number of piperidine rings is 1. The largest absolute Gasteiger partial charge is 0.369 e. The first-order valence-corrected chi connectivity index (χ1v) is 10.9. The summed E-state index contributed by atoms with van der Waals surface area (Å²) < 4.78 is 0. The molecule has 0 aliphatic carbocycles. The summed E-state index contributed by atoms with van der Waals surface area (Å²) in [5.41, 5.74) is 10.6. The molecule has 0 spiro atoms. The fourth-order valence-electron chi connectivity index (χ4n) is 4.48. The van der Waals surface area contributed by atoms with Crippen LogP contribution in [0.4, 0.5) is 0 Å². The Balaban J connectivity index is 1.59. The molecule has 1 aliphatic rings. The summed E-state index contributed by atoms with van der Waals surface area (Å²) >= 11 is 0. The maximum atomic E-state index is 13.0. The highest BCUT2D eigenvalue weighted by molar-refractivity contribution is 5.93. The van der Waals surface area contributed by atoms with Crippen LogP contribution in [0.3, 0.4) is 0 Å². The van der Waals surface area contributed by atoms with Gasteiger partial charge in [0.2, 0.25) is 5.91 Å². The Kier molecular flexibility index (Phi) is 6.04. The molecule has 4 rings (SSSR count). The Morgan fingerprint density at radius 2 is 1.78 bits per heavy atom. The van der Waals surface area contributed by atoms with E-state index < -0.39 is 5.41 Å². The zero-order valence-electron chi connectivity index (χ0n) is 18.5. The van der Waals surface area contributed by atoms with Gasteiger partial charge >= 0.3 is 0 Å². The van der Waals surface area contributed by atoms with E-state index in [4.69, 9.17) is 5.73 Å². The average molecular weight is 429 g/mol. The first-order valence-electron chi connectivity index (χ1n) is 10.9. The van der Waals surface area contributed by atoms with E-state index in [0.29, 0.717) is 25.8 Å². The number of carbonyl (C=O) groups is 2. The number of likely N-dealkylation sites (tertiary alicyclic amines) is 1.